The number of aromatic nitrogens is 2. The van der Waals surface area contributed by atoms with Gasteiger partial charge in [0.25, 0.3) is 0 Å². The van der Waals surface area contributed by atoms with Gasteiger partial charge in [-0.3, -0.25) is 0 Å². The lowest BCUT2D eigenvalue weighted by atomic mass is 9.80. The Balaban J connectivity index is 1.29. The van der Waals surface area contributed by atoms with Crippen molar-refractivity contribution in [1.82, 2.24) is 9.97 Å². The Bertz CT molecular complexity index is 2550. The summed E-state index contributed by atoms with van der Waals surface area (Å²) in [6, 6.07) is 64.1. The van der Waals surface area contributed by atoms with E-state index in [4.69, 9.17) is 9.97 Å². The Morgan fingerprint density at radius 1 is 0.444 bits per heavy atom. The molecule has 0 unspecified atom stereocenters. The molecule has 0 aliphatic heterocycles. The highest BCUT2D eigenvalue weighted by Gasteiger charge is 2.21. The number of rotatable bonds is 9. The number of hydrogen-bond acceptors (Lipinski definition) is 2. The third kappa shape index (κ3) is 6.98. The van der Waals surface area contributed by atoms with Crippen molar-refractivity contribution in [1.29, 1.82) is 0 Å². The predicted molar refractivity (Wildman–Crippen MR) is 229 cm³/mol. The third-order valence-corrected chi connectivity index (χ3v) is 9.90. The quantitative estimate of drug-likeness (QED) is 0.141. The second-order valence-corrected chi connectivity index (χ2v) is 13.5. The molecule has 0 bridgehead atoms. The first-order valence-electron chi connectivity index (χ1n) is 18.4. The second kappa shape index (κ2) is 15.4. The molecule has 0 radical (unpaired) electrons. The fraction of sp³-hybridized carbons (Fsp3) is 0.0385. The molecular formula is C52H40N2. The molecule has 54 heavy (non-hydrogen) atoms. The normalized spacial score (nSPS) is 11.3. The lowest BCUT2D eigenvalue weighted by molar-refractivity contribution is 1.18. The molecule has 0 saturated carbocycles. The van der Waals surface area contributed by atoms with Crippen molar-refractivity contribution in [2.45, 2.75) is 13.8 Å². The Morgan fingerprint density at radius 3 is 1.39 bits per heavy atom. The van der Waals surface area contributed by atoms with Crippen LogP contribution in [0.15, 0.2) is 201 Å². The minimum absolute atomic E-state index is 0.696. The van der Waals surface area contributed by atoms with Gasteiger partial charge in [-0.1, -0.05) is 183 Å². The van der Waals surface area contributed by atoms with Gasteiger partial charge >= 0.3 is 0 Å². The second-order valence-electron chi connectivity index (χ2n) is 13.5. The zero-order chi connectivity index (χ0) is 36.9. The smallest absolute Gasteiger partial charge is 0.160 e. The van der Waals surface area contributed by atoms with Gasteiger partial charge in [0, 0.05) is 16.7 Å². The van der Waals surface area contributed by atoms with Crippen LogP contribution in [0.4, 0.5) is 0 Å². The maximum Gasteiger partial charge on any atom is 0.160 e. The van der Waals surface area contributed by atoms with Crippen molar-refractivity contribution in [3.8, 4) is 78.4 Å². The molecule has 258 valence electrons. The van der Waals surface area contributed by atoms with E-state index in [0.29, 0.717) is 5.82 Å². The van der Waals surface area contributed by atoms with E-state index in [-0.39, 0.29) is 0 Å². The maximum atomic E-state index is 5.11. The summed E-state index contributed by atoms with van der Waals surface area (Å²) >= 11 is 0. The molecule has 0 saturated heterocycles. The Labute approximate surface area is 318 Å². The predicted octanol–water partition coefficient (Wildman–Crippen LogP) is 14.0. The molecule has 0 amide bonds. The van der Waals surface area contributed by atoms with Crippen LogP contribution < -0.4 is 0 Å². The van der Waals surface area contributed by atoms with E-state index in [1.165, 1.54) is 44.5 Å². The van der Waals surface area contributed by atoms with Gasteiger partial charge in [-0.15, -0.1) is 0 Å². The van der Waals surface area contributed by atoms with E-state index in [1.54, 1.807) is 0 Å². The molecule has 0 atom stereocenters. The monoisotopic (exact) mass is 692 g/mol. The van der Waals surface area contributed by atoms with Gasteiger partial charge in [0.1, 0.15) is 0 Å². The standard InChI is InChI=1S/C52H40N2/c1-4-19-36(2)49-37(3)32-46(50(40-24-13-7-14-25-40)51(49)41-26-15-8-16-27-41)44-30-17-28-42(33-44)43-29-18-31-45(34-43)52-53-47(38-20-9-5-10-21-38)35-48(54-52)39-22-11-6-12-23-39/h4-35H,1H2,2-3H3/b36-19+. The highest BCUT2D eigenvalue weighted by molar-refractivity contribution is 6.01. The van der Waals surface area contributed by atoms with E-state index < -0.39 is 0 Å². The lowest BCUT2D eigenvalue weighted by Crippen LogP contribution is -1.99. The number of benzene rings is 7. The van der Waals surface area contributed by atoms with Crippen LogP contribution in [-0.2, 0) is 0 Å². The molecule has 8 rings (SSSR count). The van der Waals surface area contributed by atoms with Gasteiger partial charge in [-0.25, -0.2) is 9.97 Å². The minimum Gasteiger partial charge on any atom is -0.228 e. The van der Waals surface area contributed by atoms with Crippen molar-refractivity contribution in [2.24, 2.45) is 0 Å². The van der Waals surface area contributed by atoms with Crippen LogP contribution in [0.3, 0.4) is 0 Å². The summed E-state index contributed by atoms with van der Waals surface area (Å²) in [7, 11) is 0. The lowest BCUT2D eigenvalue weighted by Gasteiger charge is -2.23. The highest BCUT2D eigenvalue weighted by atomic mass is 14.9. The van der Waals surface area contributed by atoms with Crippen molar-refractivity contribution in [3.05, 3.63) is 212 Å². The number of aryl methyl sites for hydroxylation is 1. The van der Waals surface area contributed by atoms with E-state index in [9.17, 15) is 0 Å². The van der Waals surface area contributed by atoms with Gasteiger partial charge in [0.2, 0.25) is 0 Å². The molecule has 8 aromatic rings. The van der Waals surface area contributed by atoms with Crippen molar-refractivity contribution in [3.63, 3.8) is 0 Å². The zero-order valence-corrected chi connectivity index (χ0v) is 30.6. The van der Waals surface area contributed by atoms with Crippen molar-refractivity contribution in [2.75, 3.05) is 0 Å². The number of allylic oxidation sites excluding steroid dienone is 3. The summed E-state index contributed by atoms with van der Waals surface area (Å²) < 4.78 is 0. The molecule has 2 heteroatoms. The van der Waals surface area contributed by atoms with E-state index in [0.717, 1.165) is 44.8 Å². The SMILES string of the molecule is C=C/C=C(\C)c1c(C)cc(-c2cccc(-c3cccc(-c4nc(-c5ccccc5)cc(-c5ccccc5)n4)c3)c2)c(-c2ccccc2)c1-c1ccccc1. The summed E-state index contributed by atoms with van der Waals surface area (Å²) in [5.41, 5.74) is 17.9. The highest BCUT2D eigenvalue weighted by Crippen LogP contribution is 2.46. The Kier molecular flexibility index (Phi) is 9.74. The molecule has 0 N–H and O–H groups in total. The topological polar surface area (TPSA) is 25.8 Å². The first kappa shape index (κ1) is 34.2. The van der Waals surface area contributed by atoms with Gasteiger partial charge in [-0.2, -0.15) is 0 Å². The molecule has 1 aromatic heterocycles. The third-order valence-electron chi connectivity index (χ3n) is 9.90. The van der Waals surface area contributed by atoms with Gasteiger partial charge in [-0.05, 0) is 93.3 Å². The van der Waals surface area contributed by atoms with Crippen LogP contribution in [0.5, 0.6) is 0 Å². The summed E-state index contributed by atoms with van der Waals surface area (Å²) in [4.78, 5) is 10.2. The van der Waals surface area contributed by atoms with Crippen molar-refractivity contribution >= 4 is 5.57 Å². The van der Waals surface area contributed by atoms with Crippen LogP contribution in [0, 0.1) is 6.92 Å². The van der Waals surface area contributed by atoms with Crippen molar-refractivity contribution < 1.29 is 0 Å². The van der Waals surface area contributed by atoms with E-state index in [2.05, 4.69) is 172 Å². The fourth-order valence-corrected chi connectivity index (χ4v) is 7.41. The van der Waals surface area contributed by atoms with Crippen LogP contribution in [0.1, 0.15) is 18.1 Å². The minimum atomic E-state index is 0.696. The van der Waals surface area contributed by atoms with Crippen LogP contribution >= 0.6 is 0 Å². The average molecular weight is 693 g/mol. The Morgan fingerprint density at radius 2 is 0.870 bits per heavy atom. The fourth-order valence-electron chi connectivity index (χ4n) is 7.41. The molecule has 0 aliphatic carbocycles. The molecule has 0 fully saturated rings. The summed E-state index contributed by atoms with van der Waals surface area (Å²) in [6.07, 6.45) is 3.99. The van der Waals surface area contributed by atoms with Gasteiger partial charge < -0.3 is 0 Å². The van der Waals surface area contributed by atoms with Gasteiger partial charge in [0.15, 0.2) is 5.82 Å². The molecule has 7 aromatic carbocycles. The first-order chi connectivity index (χ1) is 26.6. The molecule has 1 heterocycles. The van der Waals surface area contributed by atoms with Gasteiger partial charge in [0.05, 0.1) is 11.4 Å². The Hall–Kier alpha value is -6.90. The van der Waals surface area contributed by atoms with Crippen LogP contribution in [0.25, 0.3) is 84.0 Å². The van der Waals surface area contributed by atoms with Crippen LogP contribution in [-0.4, -0.2) is 9.97 Å². The molecular weight excluding hydrogens is 653 g/mol. The molecule has 2 nitrogen and oxygen atoms in total. The van der Waals surface area contributed by atoms with Crippen LogP contribution in [0.2, 0.25) is 0 Å². The molecule has 0 spiro atoms. The summed E-state index contributed by atoms with van der Waals surface area (Å²) in [5, 5.41) is 0. The summed E-state index contributed by atoms with van der Waals surface area (Å²) in [6.45, 7) is 8.42. The largest absolute Gasteiger partial charge is 0.228 e. The molecule has 0 aliphatic rings. The first-order valence-corrected chi connectivity index (χ1v) is 18.4. The summed E-state index contributed by atoms with van der Waals surface area (Å²) in [5.74, 6) is 0.696. The van der Waals surface area contributed by atoms with E-state index in [1.807, 2.05) is 42.5 Å². The maximum absolute atomic E-state index is 5.11. The van der Waals surface area contributed by atoms with E-state index >= 15 is 0 Å². The number of hydrogen-bond donors (Lipinski definition) is 0. The zero-order valence-electron chi connectivity index (χ0n) is 30.6. The number of nitrogens with zero attached hydrogens (tertiary/aromatic N) is 2. The average Bonchev–Trinajstić information content (AvgIpc) is 3.24.